The quantitative estimate of drug-likeness (QED) is 0.447. The lowest BCUT2D eigenvalue weighted by Gasteiger charge is -2.36. The van der Waals surface area contributed by atoms with Gasteiger partial charge in [0.2, 0.25) is 0 Å². The molecule has 2 heterocycles. The van der Waals surface area contributed by atoms with Crippen LogP contribution in [0.2, 0.25) is 0 Å². The Morgan fingerprint density at radius 3 is 2.43 bits per heavy atom. The Bertz CT molecular complexity index is 1200. The van der Waals surface area contributed by atoms with Crippen LogP contribution < -0.4 is 10.6 Å². The van der Waals surface area contributed by atoms with Crippen molar-refractivity contribution in [1.29, 1.82) is 0 Å². The minimum Gasteiger partial charge on any atom is -0.383 e. The summed E-state index contributed by atoms with van der Waals surface area (Å²) in [5.41, 5.74) is 3.54. The zero-order chi connectivity index (χ0) is 25.4. The Hall–Kier alpha value is -3.02. The van der Waals surface area contributed by atoms with Crippen LogP contribution in [0.1, 0.15) is 30.3 Å². The smallest absolute Gasteiger partial charge is 0.383 e. The van der Waals surface area contributed by atoms with Gasteiger partial charge in [0, 0.05) is 19.3 Å². The van der Waals surface area contributed by atoms with Gasteiger partial charge in [-0.05, 0) is 55.3 Å². The summed E-state index contributed by atoms with van der Waals surface area (Å²) in [5.74, 6) is -1.02. The first-order valence-electron chi connectivity index (χ1n) is 11.0. The maximum atomic E-state index is 14.4. The number of nitrogens with zero attached hydrogens (tertiary/aromatic N) is 3. The molecule has 0 spiro atoms. The van der Waals surface area contributed by atoms with Gasteiger partial charge in [-0.1, -0.05) is 19.1 Å². The minimum atomic E-state index is -4.71. The van der Waals surface area contributed by atoms with Gasteiger partial charge < -0.3 is 15.7 Å². The maximum absolute atomic E-state index is 14.4. The number of anilines is 2. The molecule has 2 aromatic carbocycles. The number of urea groups is 1. The molecule has 35 heavy (non-hydrogen) atoms. The van der Waals surface area contributed by atoms with Gasteiger partial charge in [-0.25, -0.2) is 14.2 Å². The molecule has 0 saturated carbocycles. The van der Waals surface area contributed by atoms with Crippen LogP contribution in [-0.4, -0.2) is 40.7 Å². The van der Waals surface area contributed by atoms with Crippen LogP contribution in [0, 0.1) is 5.82 Å². The van der Waals surface area contributed by atoms with Crippen LogP contribution in [0.5, 0.6) is 0 Å². The van der Waals surface area contributed by atoms with Gasteiger partial charge in [-0.2, -0.15) is 13.2 Å². The van der Waals surface area contributed by atoms with Crippen molar-refractivity contribution in [2.75, 3.05) is 24.5 Å². The third-order valence-corrected chi connectivity index (χ3v) is 7.42. The summed E-state index contributed by atoms with van der Waals surface area (Å²) in [6.45, 7) is 4.58. The predicted octanol–water partition coefficient (Wildman–Crippen LogP) is 5.49. The third kappa shape index (κ3) is 5.16. The van der Waals surface area contributed by atoms with E-state index in [2.05, 4.69) is 16.8 Å². The topological polar surface area (TPSA) is 82.7 Å². The van der Waals surface area contributed by atoms with Gasteiger partial charge in [0.15, 0.2) is 0 Å². The summed E-state index contributed by atoms with van der Waals surface area (Å²) in [6, 6.07) is 6.88. The van der Waals surface area contributed by atoms with E-state index >= 15 is 0 Å². The summed E-state index contributed by atoms with van der Waals surface area (Å²) in [7, 11) is 0. The predicted molar refractivity (Wildman–Crippen MR) is 126 cm³/mol. The lowest BCUT2D eigenvalue weighted by molar-refractivity contribution is -0.137. The molecule has 3 aromatic rings. The number of aromatic nitrogens is 1. The number of halogens is 4. The van der Waals surface area contributed by atoms with E-state index in [9.17, 15) is 27.5 Å². The Kier molecular flexibility index (Phi) is 6.85. The number of carbonyl (C=O) groups excluding carboxylic acids is 1. The number of aliphatic hydroxyl groups is 1. The summed E-state index contributed by atoms with van der Waals surface area (Å²) >= 11 is 1.35. The zero-order valence-corrected chi connectivity index (χ0v) is 19.7. The molecule has 1 saturated heterocycles. The highest BCUT2D eigenvalue weighted by atomic mass is 32.1. The molecule has 4 rings (SSSR count). The van der Waals surface area contributed by atoms with E-state index < -0.39 is 34.9 Å². The number of likely N-dealkylation sites (tertiary alicyclic amines) is 1. The fourth-order valence-electron chi connectivity index (χ4n) is 4.10. The van der Waals surface area contributed by atoms with Crippen molar-refractivity contribution in [2.45, 2.75) is 31.5 Å². The van der Waals surface area contributed by atoms with Gasteiger partial charge in [0.05, 0.1) is 21.8 Å². The lowest BCUT2D eigenvalue weighted by atomic mass is 9.92. The first kappa shape index (κ1) is 25.1. The molecular formula is C24H24F4N4O2S. The van der Waals surface area contributed by atoms with Crippen LogP contribution in [0.4, 0.5) is 33.7 Å². The van der Waals surface area contributed by atoms with Gasteiger partial charge in [0.25, 0.3) is 0 Å². The molecule has 1 fully saturated rings. The lowest BCUT2D eigenvalue weighted by Crippen LogP contribution is -2.42. The molecule has 1 aliphatic rings. The van der Waals surface area contributed by atoms with Crippen molar-refractivity contribution in [3.63, 3.8) is 0 Å². The van der Waals surface area contributed by atoms with Crippen LogP contribution in [0.15, 0.2) is 48.7 Å². The highest BCUT2D eigenvalue weighted by Gasteiger charge is 2.36. The largest absolute Gasteiger partial charge is 0.416 e. The second kappa shape index (κ2) is 9.56. The SMILES string of the molecule is CCN1CCC(O)(c2ncc(-c3ccc(N(C(N)=O)c4cc(C(F)(F)F)ccc4F)cc3)s2)CC1. The van der Waals surface area contributed by atoms with E-state index in [0.717, 1.165) is 30.1 Å². The van der Waals surface area contributed by atoms with E-state index in [-0.39, 0.29) is 5.69 Å². The van der Waals surface area contributed by atoms with Gasteiger partial charge in [-0.15, -0.1) is 11.3 Å². The Morgan fingerprint density at radius 2 is 1.86 bits per heavy atom. The molecule has 186 valence electrons. The van der Waals surface area contributed by atoms with Crippen molar-refractivity contribution in [1.82, 2.24) is 9.88 Å². The number of rotatable bonds is 5. The van der Waals surface area contributed by atoms with Gasteiger partial charge in [-0.3, -0.25) is 4.90 Å². The van der Waals surface area contributed by atoms with Crippen molar-refractivity contribution < 1.29 is 27.5 Å². The third-order valence-electron chi connectivity index (χ3n) is 6.18. The van der Waals surface area contributed by atoms with Crippen molar-refractivity contribution >= 4 is 28.7 Å². The van der Waals surface area contributed by atoms with Gasteiger partial charge >= 0.3 is 12.2 Å². The molecule has 0 aliphatic carbocycles. The van der Waals surface area contributed by atoms with Crippen LogP contribution in [0.25, 0.3) is 10.4 Å². The van der Waals surface area contributed by atoms with Crippen molar-refractivity contribution in [2.24, 2.45) is 5.73 Å². The average Bonchev–Trinajstić information content (AvgIpc) is 3.32. The maximum Gasteiger partial charge on any atom is 0.416 e. The number of thiazole rings is 1. The number of benzene rings is 2. The Labute approximate surface area is 203 Å². The summed E-state index contributed by atoms with van der Waals surface area (Å²) in [4.78, 5) is 20.2. The van der Waals surface area contributed by atoms with Crippen molar-refractivity contribution in [3.8, 4) is 10.4 Å². The summed E-state index contributed by atoms with van der Waals surface area (Å²) in [6.07, 6.45) is -1.89. The van der Waals surface area contributed by atoms with E-state index in [4.69, 9.17) is 5.73 Å². The summed E-state index contributed by atoms with van der Waals surface area (Å²) in [5, 5.41) is 11.7. The fourth-order valence-corrected chi connectivity index (χ4v) is 5.16. The van der Waals surface area contributed by atoms with E-state index in [1.54, 1.807) is 18.3 Å². The number of carbonyl (C=O) groups is 1. The van der Waals surface area contributed by atoms with Crippen molar-refractivity contribution in [3.05, 3.63) is 65.0 Å². The Morgan fingerprint density at radius 1 is 1.20 bits per heavy atom. The normalized spacial score (nSPS) is 16.3. The molecular weight excluding hydrogens is 484 g/mol. The molecule has 2 amide bonds. The number of amides is 2. The molecule has 1 aromatic heterocycles. The van der Waals surface area contributed by atoms with Crippen LogP contribution in [0.3, 0.4) is 0 Å². The van der Waals surface area contributed by atoms with Crippen LogP contribution in [-0.2, 0) is 11.8 Å². The number of piperidine rings is 1. The Balaban J connectivity index is 1.60. The van der Waals surface area contributed by atoms with Gasteiger partial charge in [0.1, 0.15) is 16.4 Å². The molecule has 0 radical (unpaired) electrons. The molecule has 0 atom stereocenters. The van der Waals surface area contributed by atoms with Crippen LogP contribution >= 0.6 is 11.3 Å². The number of hydrogen-bond acceptors (Lipinski definition) is 5. The molecule has 6 nitrogen and oxygen atoms in total. The molecule has 1 aliphatic heterocycles. The second-order valence-corrected chi connectivity index (χ2v) is 9.41. The molecule has 0 bridgehead atoms. The summed E-state index contributed by atoms with van der Waals surface area (Å²) < 4.78 is 53.8. The highest BCUT2D eigenvalue weighted by molar-refractivity contribution is 7.15. The standard InChI is InChI=1S/C24H24F4N4O2S/c1-2-31-11-9-23(34,10-12-31)21-30-14-20(35-21)15-3-6-17(7-4-15)32(22(29)33)19-13-16(24(26,27)28)5-8-18(19)25/h3-8,13-14,34H,2,9-12H2,1H3,(H2,29,33). The average molecular weight is 509 g/mol. The second-order valence-electron chi connectivity index (χ2n) is 8.38. The minimum absolute atomic E-state index is 0.106. The number of alkyl halides is 3. The van der Waals surface area contributed by atoms with E-state index in [0.29, 0.717) is 40.9 Å². The number of primary amides is 1. The number of hydrogen-bond donors (Lipinski definition) is 2. The van der Waals surface area contributed by atoms with E-state index in [1.165, 1.54) is 23.5 Å². The molecule has 0 unspecified atom stereocenters. The van der Waals surface area contributed by atoms with E-state index in [1.807, 2.05) is 0 Å². The molecule has 11 heteroatoms. The first-order chi connectivity index (χ1) is 16.5. The first-order valence-corrected chi connectivity index (χ1v) is 11.8. The zero-order valence-electron chi connectivity index (χ0n) is 18.8. The number of nitrogens with two attached hydrogens (primary N) is 1. The molecule has 3 N–H and O–H groups in total. The monoisotopic (exact) mass is 508 g/mol. The highest BCUT2D eigenvalue weighted by Crippen LogP contribution is 2.39. The fraction of sp³-hybridized carbons (Fsp3) is 0.333.